The van der Waals surface area contributed by atoms with Crippen molar-refractivity contribution in [2.45, 2.75) is 45.6 Å². The van der Waals surface area contributed by atoms with Gasteiger partial charge >= 0.3 is 0 Å². The molecule has 16 heavy (non-hydrogen) atoms. The molecule has 0 heterocycles. The number of rotatable bonds is 5. The Morgan fingerprint density at radius 2 is 1.94 bits per heavy atom. The summed E-state index contributed by atoms with van der Waals surface area (Å²) in [4.78, 5) is 4.78. The molecule has 0 bridgehead atoms. The third-order valence-electron chi connectivity index (χ3n) is 3.37. The molecule has 88 valence electrons. The molecule has 0 radical (unpaired) electrons. The van der Waals surface area contributed by atoms with Crippen molar-refractivity contribution >= 4 is 5.71 Å². The Morgan fingerprint density at radius 1 is 1.31 bits per heavy atom. The fraction of sp³-hybridized carbons (Fsp3) is 0.533. The van der Waals surface area contributed by atoms with E-state index in [1.807, 2.05) is 12.2 Å². The fourth-order valence-corrected chi connectivity index (χ4v) is 2.34. The lowest BCUT2D eigenvalue weighted by atomic mass is 10.0. The summed E-state index contributed by atoms with van der Waals surface area (Å²) < 4.78 is 0. The molecule has 0 amide bonds. The highest BCUT2D eigenvalue weighted by Gasteiger charge is 2.18. The van der Waals surface area contributed by atoms with Gasteiger partial charge in [0, 0.05) is 5.71 Å². The third kappa shape index (κ3) is 3.48. The second-order valence-corrected chi connectivity index (χ2v) is 4.53. The highest BCUT2D eigenvalue weighted by molar-refractivity contribution is 5.85. The van der Waals surface area contributed by atoms with E-state index < -0.39 is 0 Å². The van der Waals surface area contributed by atoms with Gasteiger partial charge in [-0.15, -0.1) is 0 Å². The maximum Gasteiger partial charge on any atom is 0.0720 e. The monoisotopic (exact) mass is 217 g/mol. The van der Waals surface area contributed by atoms with Crippen molar-refractivity contribution in [3.05, 3.63) is 37.0 Å². The Labute approximate surface area is 99.7 Å². The molecule has 1 fully saturated rings. The molecule has 0 N–H and O–H groups in total. The van der Waals surface area contributed by atoms with Gasteiger partial charge in [0.05, 0.1) is 6.04 Å². The van der Waals surface area contributed by atoms with Gasteiger partial charge in [0.15, 0.2) is 0 Å². The van der Waals surface area contributed by atoms with Gasteiger partial charge in [-0.1, -0.05) is 44.2 Å². The molecule has 1 rings (SSSR count). The van der Waals surface area contributed by atoms with Crippen molar-refractivity contribution in [2.75, 3.05) is 0 Å². The minimum absolute atomic E-state index is 0.205. The van der Waals surface area contributed by atoms with E-state index in [9.17, 15) is 0 Å². The van der Waals surface area contributed by atoms with Crippen LogP contribution in [0.5, 0.6) is 0 Å². The number of hydrogen-bond donors (Lipinski definition) is 0. The predicted octanol–water partition coefficient (Wildman–Crippen LogP) is 4.32. The van der Waals surface area contributed by atoms with E-state index in [4.69, 9.17) is 4.99 Å². The molecule has 1 atom stereocenters. The lowest BCUT2D eigenvalue weighted by Crippen LogP contribution is -2.11. The molecule has 1 heteroatoms. The topological polar surface area (TPSA) is 12.4 Å². The smallest absolute Gasteiger partial charge is 0.0720 e. The summed E-state index contributed by atoms with van der Waals surface area (Å²) in [5.74, 6) is 0.720. The first-order chi connectivity index (χ1) is 7.69. The lowest BCUT2D eigenvalue weighted by molar-refractivity contribution is 0.712. The van der Waals surface area contributed by atoms with E-state index in [-0.39, 0.29) is 6.04 Å². The van der Waals surface area contributed by atoms with Gasteiger partial charge in [0.25, 0.3) is 0 Å². The van der Waals surface area contributed by atoms with Crippen molar-refractivity contribution < 1.29 is 0 Å². The Kier molecular flexibility index (Phi) is 5.24. The van der Waals surface area contributed by atoms with Crippen LogP contribution < -0.4 is 0 Å². The van der Waals surface area contributed by atoms with Gasteiger partial charge in [0.1, 0.15) is 0 Å². The second kappa shape index (κ2) is 6.47. The summed E-state index contributed by atoms with van der Waals surface area (Å²) >= 11 is 0. The van der Waals surface area contributed by atoms with E-state index in [0.717, 1.165) is 11.5 Å². The van der Waals surface area contributed by atoms with E-state index >= 15 is 0 Å². The molecule has 1 aliphatic rings. The largest absolute Gasteiger partial charge is 0.286 e. The summed E-state index contributed by atoms with van der Waals surface area (Å²) in [5.41, 5.74) is 2.45. The zero-order valence-electron chi connectivity index (χ0n) is 10.6. The van der Waals surface area contributed by atoms with Gasteiger partial charge in [-0.05, 0) is 38.2 Å². The van der Waals surface area contributed by atoms with E-state index in [1.54, 1.807) is 6.08 Å². The second-order valence-electron chi connectivity index (χ2n) is 4.53. The zero-order chi connectivity index (χ0) is 12.0. The Balaban J connectivity index is 2.69. The normalized spacial score (nSPS) is 20.9. The van der Waals surface area contributed by atoms with Crippen molar-refractivity contribution in [3.8, 4) is 0 Å². The van der Waals surface area contributed by atoms with Gasteiger partial charge < -0.3 is 0 Å². The molecule has 0 aromatic carbocycles. The van der Waals surface area contributed by atoms with Crippen LogP contribution in [-0.4, -0.2) is 11.8 Å². The van der Waals surface area contributed by atoms with Gasteiger partial charge in [-0.3, -0.25) is 4.99 Å². The summed E-state index contributed by atoms with van der Waals surface area (Å²) in [5, 5.41) is 0. The zero-order valence-corrected chi connectivity index (χ0v) is 10.6. The first-order valence-electron chi connectivity index (χ1n) is 6.18. The van der Waals surface area contributed by atoms with E-state index in [0.29, 0.717) is 0 Å². The maximum absolute atomic E-state index is 4.78. The van der Waals surface area contributed by atoms with Crippen LogP contribution in [0, 0.1) is 5.92 Å². The van der Waals surface area contributed by atoms with Gasteiger partial charge in [-0.25, -0.2) is 0 Å². The van der Waals surface area contributed by atoms with Gasteiger partial charge in [-0.2, -0.15) is 0 Å². The minimum Gasteiger partial charge on any atom is -0.286 e. The highest BCUT2D eigenvalue weighted by Crippen LogP contribution is 2.26. The Hall–Kier alpha value is -1.11. The molecule has 0 saturated heterocycles. The number of hydrogen-bond acceptors (Lipinski definition) is 1. The van der Waals surface area contributed by atoms with Crippen LogP contribution in [0.1, 0.15) is 39.5 Å². The highest BCUT2D eigenvalue weighted by atomic mass is 14.8. The van der Waals surface area contributed by atoms with Crippen molar-refractivity contribution in [1.29, 1.82) is 0 Å². The summed E-state index contributed by atoms with van der Waals surface area (Å²) in [6.07, 6.45) is 11.0. The number of aliphatic imine (C=N–C) groups is 1. The van der Waals surface area contributed by atoms with Gasteiger partial charge in [0.2, 0.25) is 0 Å². The molecular formula is C15H23N. The average Bonchev–Trinajstić information content (AvgIpc) is 2.78. The van der Waals surface area contributed by atoms with Crippen LogP contribution in [0.4, 0.5) is 0 Å². The standard InChI is InChI=1S/C15H23N/c1-5-9-14(6-2)12(3)16-13(4)15-10-7-8-11-15/h5-6,9,12,15H,1-2,7-8,10-11H2,3-4H3/b14-9+,16-13?/t12-/m1/s1. The third-order valence-corrected chi connectivity index (χ3v) is 3.37. The SMILES string of the molecule is C=C/C=C(\C=C)[C@@H](C)N=C(C)C1CCCC1. The molecule has 0 aromatic heterocycles. The average molecular weight is 217 g/mol. The first-order valence-corrected chi connectivity index (χ1v) is 6.18. The fourth-order valence-electron chi connectivity index (χ4n) is 2.34. The molecule has 1 saturated carbocycles. The van der Waals surface area contributed by atoms with Crippen LogP contribution in [0.3, 0.4) is 0 Å². The minimum atomic E-state index is 0.205. The Morgan fingerprint density at radius 3 is 2.44 bits per heavy atom. The first kappa shape index (κ1) is 13.0. The van der Waals surface area contributed by atoms with Crippen LogP contribution >= 0.6 is 0 Å². The number of allylic oxidation sites excluding steroid dienone is 2. The predicted molar refractivity (Wildman–Crippen MR) is 73.0 cm³/mol. The van der Waals surface area contributed by atoms with Crippen LogP contribution in [0.25, 0.3) is 0 Å². The summed E-state index contributed by atoms with van der Waals surface area (Å²) in [6.45, 7) is 11.8. The number of nitrogens with zero attached hydrogens (tertiary/aromatic N) is 1. The van der Waals surface area contributed by atoms with Crippen LogP contribution in [0.2, 0.25) is 0 Å². The molecule has 0 spiro atoms. The van der Waals surface area contributed by atoms with Crippen LogP contribution in [-0.2, 0) is 0 Å². The molecular weight excluding hydrogens is 194 g/mol. The molecule has 0 aromatic rings. The maximum atomic E-state index is 4.78. The van der Waals surface area contributed by atoms with Crippen LogP contribution in [0.15, 0.2) is 42.0 Å². The quantitative estimate of drug-likeness (QED) is 0.480. The molecule has 1 aliphatic carbocycles. The summed E-state index contributed by atoms with van der Waals surface area (Å²) in [7, 11) is 0. The Bertz CT molecular complexity index is 303. The van der Waals surface area contributed by atoms with E-state index in [2.05, 4.69) is 27.0 Å². The molecule has 0 aliphatic heterocycles. The lowest BCUT2D eigenvalue weighted by Gasteiger charge is -2.13. The van der Waals surface area contributed by atoms with E-state index in [1.165, 1.54) is 31.4 Å². The molecule has 0 unspecified atom stereocenters. The molecule has 1 nitrogen and oxygen atoms in total. The van der Waals surface area contributed by atoms with Crippen molar-refractivity contribution in [1.82, 2.24) is 0 Å². The van der Waals surface area contributed by atoms with Crippen molar-refractivity contribution in [2.24, 2.45) is 10.9 Å². The summed E-state index contributed by atoms with van der Waals surface area (Å²) in [6, 6.07) is 0.205. The van der Waals surface area contributed by atoms with Crippen molar-refractivity contribution in [3.63, 3.8) is 0 Å².